The number of hydrogen-bond acceptors (Lipinski definition) is 3. The molecule has 0 bridgehead atoms. The van der Waals surface area contributed by atoms with Crippen LogP contribution in [0.5, 0.6) is 0 Å². The van der Waals surface area contributed by atoms with E-state index < -0.39 is 0 Å². The van der Waals surface area contributed by atoms with Gasteiger partial charge in [0, 0.05) is 40.4 Å². The second-order valence-electron chi connectivity index (χ2n) is 5.48. The Kier molecular flexibility index (Phi) is 5.96. The van der Waals surface area contributed by atoms with Crippen LogP contribution in [0.15, 0.2) is 48.5 Å². The molecule has 1 saturated heterocycles. The number of carbonyl (C=O) groups excluding carboxylic acids is 1. The minimum absolute atomic E-state index is 0.0448. The molecule has 1 aliphatic heterocycles. The minimum atomic E-state index is -0.0448. The number of amides is 1. The number of nitrogens with one attached hydrogen (secondary N) is 1. The van der Waals surface area contributed by atoms with E-state index in [9.17, 15) is 4.79 Å². The molecular weight excluding hydrogens is 419 g/mol. The fourth-order valence-corrected chi connectivity index (χ4v) is 4.23. The minimum Gasteiger partial charge on any atom is -0.322 e. The van der Waals surface area contributed by atoms with Gasteiger partial charge in [0.15, 0.2) is 0 Å². The Balaban J connectivity index is 1.75. The van der Waals surface area contributed by atoms with Gasteiger partial charge in [-0.3, -0.25) is 9.69 Å². The predicted molar refractivity (Wildman–Crippen MR) is 106 cm³/mol. The molecule has 0 spiro atoms. The first-order valence-electron chi connectivity index (χ1n) is 7.68. The molecule has 2 aromatic rings. The number of anilines is 1. The summed E-state index contributed by atoms with van der Waals surface area (Å²) in [4.78, 5) is 15.0. The molecular formula is C18H19IN2OS. The first-order valence-corrected chi connectivity index (χ1v) is 9.91. The quantitative estimate of drug-likeness (QED) is 0.730. The Morgan fingerprint density at radius 2 is 1.78 bits per heavy atom. The Morgan fingerprint density at radius 1 is 1.09 bits per heavy atom. The zero-order chi connectivity index (χ0) is 16.1. The van der Waals surface area contributed by atoms with Gasteiger partial charge in [0.25, 0.3) is 5.91 Å². The average molecular weight is 438 g/mol. The number of nitrogens with zero attached hydrogens (tertiary/aromatic N) is 1. The zero-order valence-corrected chi connectivity index (χ0v) is 15.8. The summed E-state index contributed by atoms with van der Waals surface area (Å²) in [5.74, 6) is 2.34. The molecule has 3 nitrogen and oxygen atoms in total. The van der Waals surface area contributed by atoms with E-state index in [1.807, 2.05) is 54.2 Å². The van der Waals surface area contributed by atoms with Crippen LogP contribution in [0, 0.1) is 3.57 Å². The Bertz CT molecular complexity index is 686. The summed E-state index contributed by atoms with van der Waals surface area (Å²) in [6, 6.07) is 15.8. The molecule has 0 aromatic heterocycles. The Morgan fingerprint density at radius 3 is 2.57 bits per heavy atom. The standard InChI is InChI=1S/C18H19IN2OS/c19-16-7-3-2-6-15(16)18(22)20-17-8-4-1-5-14(17)13-21-9-11-23-12-10-21/h1-8H,9-13H2,(H,20,22). The summed E-state index contributed by atoms with van der Waals surface area (Å²) < 4.78 is 0.966. The molecule has 0 radical (unpaired) electrons. The van der Waals surface area contributed by atoms with E-state index in [-0.39, 0.29) is 5.91 Å². The molecule has 5 heteroatoms. The molecule has 0 saturated carbocycles. The topological polar surface area (TPSA) is 32.3 Å². The molecule has 2 aromatic carbocycles. The van der Waals surface area contributed by atoms with Gasteiger partial charge in [-0.15, -0.1) is 0 Å². The summed E-state index contributed by atoms with van der Waals surface area (Å²) in [7, 11) is 0. The van der Waals surface area contributed by atoms with Crippen molar-refractivity contribution in [1.82, 2.24) is 4.90 Å². The maximum absolute atomic E-state index is 12.5. The number of para-hydroxylation sites is 1. The summed E-state index contributed by atoms with van der Waals surface area (Å²) in [6.45, 7) is 3.12. The van der Waals surface area contributed by atoms with Gasteiger partial charge < -0.3 is 5.32 Å². The Hall–Kier alpha value is -1.05. The third-order valence-electron chi connectivity index (χ3n) is 3.88. The summed E-state index contributed by atoms with van der Waals surface area (Å²) >= 11 is 4.21. The predicted octanol–water partition coefficient (Wildman–Crippen LogP) is 4.09. The summed E-state index contributed by atoms with van der Waals surface area (Å²) in [5.41, 5.74) is 2.81. The van der Waals surface area contributed by atoms with Gasteiger partial charge in [0.05, 0.1) is 5.56 Å². The highest BCUT2D eigenvalue weighted by atomic mass is 127. The van der Waals surface area contributed by atoms with Crippen molar-refractivity contribution in [2.24, 2.45) is 0 Å². The van der Waals surface area contributed by atoms with Crippen molar-refractivity contribution in [3.63, 3.8) is 0 Å². The average Bonchev–Trinajstić information content (AvgIpc) is 2.58. The van der Waals surface area contributed by atoms with Crippen LogP contribution in [0.2, 0.25) is 0 Å². The maximum atomic E-state index is 12.5. The molecule has 0 atom stereocenters. The fraction of sp³-hybridized carbons (Fsp3) is 0.278. The molecule has 3 rings (SSSR count). The number of carbonyl (C=O) groups is 1. The van der Waals surface area contributed by atoms with Crippen LogP contribution in [0.4, 0.5) is 5.69 Å². The van der Waals surface area contributed by atoms with Crippen molar-refractivity contribution < 1.29 is 4.79 Å². The van der Waals surface area contributed by atoms with Crippen molar-refractivity contribution in [3.05, 3.63) is 63.2 Å². The van der Waals surface area contributed by atoms with Crippen molar-refractivity contribution in [3.8, 4) is 0 Å². The lowest BCUT2D eigenvalue weighted by Crippen LogP contribution is -2.32. The zero-order valence-electron chi connectivity index (χ0n) is 12.8. The largest absolute Gasteiger partial charge is 0.322 e. The van der Waals surface area contributed by atoms with Crippen LogP contribution < -0.4 is 5.32 Å². The van der Waals surface area contributed by atoms with Crippen LogP contribution >= 0.6 is 34.4 Å². The second kappa shape index (κ2) is 8.17. The van der Waals surface area contributed by atoms with Crippen LogP contribution in [0.1, 0.15) is 15.9 Å². The lowest BCUT2D eigenvalue weighted by molar-refractivity contribution is 0.102. The molecule has 1 heterocycles. The van der Waals surface area contributed by atoms with Gasteiger partial charge >= 0.3 is 0 Å². The number of benzene rings is 2. The van der Waals surface area contributed by atoms with E-state index in [4.69, 9.17) is 0 Å². The molecule has 1 fully saturated rings. The van der Waals surface area contributed by atoms with Gasteiger partial charge in [0.1, 0.15) is 0 Å². The van der Waals surface area contributed by atoms with Crippen molar-refractivity contribution in [1.29, 1.82) is 0 Å². The maximum Gasteiger partial charge on any atom is 0.256 e. The van der Waals surface area contributed by atoms with Crippen LogP contribution in [0.25, 0.3) is 0 Å². The highest BCUT2D eigenvalue weighted by molar-refractivity contribution is 14.1. The number of rotatable bonds is 4. The van der Waals surface area contributed by atoms with Crippen molar-refractivity contribution in [2.45, 2.75) is 6.54 Å². The van der Waals surface area contributed by atoms with Gasteiger partial charge in [-0.05, 0) is 46.4 Å². The monoisotopic (exact) mass is 438 g/mol. The third-order valence-corrected chi connectivity index (χ3v) is 5.76. The highest BCUT2D eigenvalue weighted by Crippen LogP contribution is 2.21. The Labute approximate surface area is 155 Å². The lowest BCUT2D eigenvalue weighted by atomic mass is 10.1. The van der Waals surface area contributed by atoms with Gasteiger partial charge in [-0.2, -0.15) is 11.8 Å². The summed E-state index contributed by atoms with van der Waals surface area (Å²) in [6.07, 6.45) is 0. The van der Waals surface area contributed by atoms with Crippen molar-refractivity contribution in [2.75, 3.05) is 29.9 Å². The van der Waals surface area contributed by atoms with E-state index in [0.29, 0.717) is 0 Å². The first kappa shape index (κ1) is 16.8. The second-order valence-corrected chi connectivity index (χ2v) is 7.87. The van der Waals surface area contributed by atoms with Crippen LogP contribution in [0.3, 0.4) is 0 Å². The van der Waals surface area contributed by atoms with E-state index >= 15 is 0 Å². The third kappa shape index (κ3) is 4.49. The molecule has 0 unspecified atom stereocenters. The van der Waals surface area contributed by atoms with Gasteiger partial charge in [-0.25, -0.2) is 0 Å². The van der Waals surface area contributed by atoms with Crippen LogP contribution in [-0.4, -0.2) is 35.4 Å². The highest BCUT2D eigenvalue weighted by Gasteiger charge is 2.15. The van der Waals surface area contributed by atoms with E-state index in [1.54, 1.807) is 0 Å². The number of thioether (sulfide) groups is 1. The van der Waals surface area contributed by atoms with E-state index in [1.165, 1.54) is 17.1 Å². The smallest absolute Gasteiger partial charge is 0.256 e. The molecule has 23 heavy (non-hydrogen) atoms. The molecule has 0 aliphatic carbocycles. The van der Waals surface area contributed by atoms with E-state index in [0.717, 1.165) is 34.5 Å². The molecule has 120 valence electrons. The van der Waals surface area contributed by atoms with E-state index in [2.05, 4.69) is 38.9 Å². The summed E-state index contributed by atoms with van der Waals surface area (Å²) in [5, 5.41) is 3.08. The molecule has 1 amide bonds. The van der Waals surface area contributed by atoms with Gasteiger partial charge in [-0.1, -0.05) is 30.3 Å². The molecule has 1 aliphatic rings. The van der Waals surface area contributed by atoms with Crippen molar-refractivity contribution >= 4 is 45.9 Å². The fourth-order valence-electron chi connectivity index (χ4n) is 2.62. The SMILES string of the molecule is O=C(Nc1ccccc1CN1CCSCC1)c1ccccc1I. The number of halogens is 1. The first-order chi connectivity index (χ1) is 11.2. The number of hydrogen-bond donors (Lipinski definition) is 1. The van der Waals surface area contributed by atoms with Crippen LogP contribution in [-0.2, 0) is 6.54 Å². The normalized spacial score (nSPS) is 15.3. The lowest BCUT2D eigenvalue weighted by Gasteiger charge is -2.27. The molecule has 1 N–H and O–H groups in total. The van der Waals surface area contributed by atoms with Gasteiger partial charge in [0.2, 0.25) is 0 Å².